The first-order valence-corrected chi connectivity index (χ1v) is 8.64. The molecule has 1 saturated carbocycles. The van der Waals surface area contributed by atoms with Gasteiger partial charge in [-0.2, -0.15) is 0 Å². The van der Waals surface area contributed by atoms with E-state index < -0.39 is 5.41 Å². The number of ether oxygens (including phenoxy) is 1. The fraction of sp³-hybridized carbons (Fsp3) is 0.300. The Bertz CT molecular complexity index is 765. The van der Waals surface area contributed by atoms with E-state index in [1.54, 1.807) is 12.1 Å². The number of nitrogens with one attached hydrogen (secondary N) is 1. The van der Waals surface area contributed by atoms with Crippen molar-refractivity contribution in [2.75, 3.05) is 7.11 Å². The molecule has 0 heterocycles. The second-order valence-electron chi connectivity index (χ2n) is 6.31. The van der Waals surface area contributed by atoms with E-state index in [0.29, 0.717) is 17.1 Å². The molecule has 0 radical (unpaired) electrons. The van der Waals surface area contributed by atoms with Crippen molar-refractivity contribution in [1.29, 1.82) is 0 Å². The summed E-state index contributed by atoms with van der Waals surface area (Å²) in [5, 5.41) is 3.70. The molecular formula is C20H20ClNO3. The summed E-state index contributed by atoms with van der Waals surface area (Å²) in [7, 11) is 1.35. The van der Waals surface area contributed by atoms with E-state index in [1.165, 1.54) is 7.11 Å². The molecule has 1 N–H and O–H groups in total. The van der Waals surface area contributed by atoms with Crippen LogP contribution in [0.15, 0.2) is 48.5 Å². The van der Waals surface area contributed by atoms with Crippen LogP contribution >= 0.6 is 11.6 Å². The van der Waals surface area contributed by atoms with Gasteiger partial charge in [0.15, 0.2) is 0 Å². The van der Waals surface area contributed by atoms with Crippen molar-refractivity contribution in [2.45, 2.75) is 31.2 Å². The number of hydrogen-bond donors (Lipinski definition) is 1. The highest BCUT2D eigenvalue weighted by Crippen LogP contribution is 2.44. The molecule has 130 valence electrons. The number of halogens is 1. The number of amides is 1. The molecule has 0 bridgehead atoms. The van der Waals surface area contributed by atoms with Gasteiger partial charge in [0.1, 0.15) is 0 Å². The van der Waals surface area contributed by atoms with E-state index >= 15 is 0 Å². The highest BCUT2D eigenvalue weighted by Gasteiger charge is 2.45. The third-order valence-corrected chi connectivity index (χ3v) is 5.12. The van der Waals surface area contributed by atoms with E-state index in [-0.39, 0.29) is 11.9 Å². The third kappa shape index (κ3) is 3.54. The Labute approximate surface area is 152 Å². The Balaban J connectivity index is 1.67. The molecule has 0 unspecified atom stereocenters. The van der Waals surface area contributed by atoms with Crippen LogP contribution in [0, 0.1) is 0 Å². The monoisotopic (exact) mass is 357 g/mol. The smallest absolute Gasteiger partial charge is 0.337 e. The summed E-state index contributed by atoms with van der Waals surface area (Å²) in [4.78, 5) is 24.3. The lowest BCUT2D eigenvalue weighted by Gasteiger charge is -2.40. The Morgan fingerprint density at radius 2 is 1.72 bits per heavy atom. The van der Waals surface area contributed by atoms with E-state index in [0.717, 1.165) is 30.4 Å². The van der Waals surface area contributed by atoms with Crippen molar-refractivity contribution in [1.82, 2.24) is 5.32 Å². The standard InChI is InChI=1S/C20H20ClNO3/c1-25-18(23)15-5-3-14(4-6-15)13-22-19(24)20(11-2-12-20)16-7-9-17(21)10-8-16/h3-10H,2,11-13H2,1H3,(H,22,24). The molecule has 2 aromatic carbocycles. The molecular weight excluding hydrogens is 338 g/mol. The number of rotatable bonds is 5. The highest BCUT2D eigenvalue weighted by molar-refractivity contribution is 6.30. The van der Waals surface area contributed by atoms with E-state index in [4.69, 9.17) is 11.6 Å². The summed E-state index contributed by atoms with van der Waals surface area (Å²) in [6.07, 6.45) is 2.74. The zero-order chi connectivity index (χ0) is 17.9. The molecule has 25 heavy (non-hydrogen) atoms. The van der Waals surface area contributed by atoms with Gasteiger partial charge in [-0.3, -0.25) is 4.79 Å². The SMILES string of the molecule is COC(=O)c1ccc(CNC(=O)C2(c3ccc(Cl)cc3)CCC2)cc1. The Morgan fingerprint density at radius 3 is 2.24 bits per heavy atom. The zero-order valence-corrected chi connectivity index (χ0v) is 14.8. The van der Waals surface area contributed by atoms with E-state index in [1.807, 2.05) is 36.4 Å². The normalized spacial score (nSPS) is 15.1. The fourth-order valence-corrected chi connectivity index (χ4v) is 3.30. The van der Waals surface area contributed by atoms with Gasteiger partial charge >= 0.3 is 5.97 Å². The average molecular weight is 358 g/mol. The van der Waals surface area contributed by atoms with Gasteiger partial charge in [0.05, 0.1) is 18.1 Å². The molecule has 1 aliphatic carbocycles. The fourth-order valence-electron chi connectivity index (χ4n) is 3.17. The van der Waals surface area contributed by atoms with Crippen LogP contribution in [0.1, 0.15) is 40.7 Å². The maximum Gasteiger partial charge on any atom is 0.337 e. The van der Waals surface area contributed by atoms with Crippen molar-refractivity contribution in [3.05, 3.63) is 70.2 Å². The Kier molecular flexibility index (Phi) is 5.09. The second kappa shape index (κ2) is 7.28. The number of carbonyl (C=O) groups excluding carboxylic acids is 2. The number of methoxy groups -OCH3 is 1. The summed E-state index contributed by atoms with van der Waals surface area (Å²) in [6.45, 7) is 0.426. The number of hydrogen-bond acceptors (Lipinski definition) is 3. The lowest BCUT2D eigenvalue weighted by molar-refractivity contribution is -0.130. The molecule has 2 aromatic rings. The molecule has 0 atom stereocenters. The predicted octanol–water partition coefficient (Wildman–Crippen LogP) is 3.86. The predicted molar refractivity (Wildman–Crippen MR) is 96.6 cm³/mol. The van der Waals surface area contributed by atoms with E-state index in [2.05, 4.69) is 10.1 Å². The summed E-state index contributed by atoms with van der Waals surface area (Å²) < 4.78 is 4.68. The maximum absolute atomic E-state index is 12.8. The molecule has 0 aliphatic heterocycles. The Hall–Kier alpha value is -2.33. The van der Waals surface area contributed by atoms with Gasteiger partial charge < -0.3 is 10.1 Å². The van der Waals surface area contributed by atoms with Gasteiger partial charge in [0.2, 0.25) is 5.91 Å². The van der Waals surface area contributed by atoms with Crippen LogP contribution in [-0.2, 0) is 21.5 Å². The third-order valence-electron chi connectivity index (χ3n) is 4.87. The lowest BCUT2D eigenvalue weighted by Crippen LogP contribution is -2.48. The van der Waals surface area contributed by atoms with Gasteiger partial charge in [-0.15, -0.1) is 0 Å². The lowest BCUT2D eigenvalue weighted by atomic mass is 9.64. The molecule has 5 heteroatoms. The van der Waals surface area contributed by atoms with E-state index in [9.17, 15) is 9.59 Å². The van der Waals surface area contributed by atoms with Crippen molar-refractivity contribution in [3.8, 4) is 0 Å². The first-order chi connectivity index (χ1) is 12.0. The largest absolute Gasteiger partial charge is 0.465 e. The minimum Gasteiger partial charge on any atom is -0.465 e. The molecule has 1 aliphatic rings. The first kappa shape index (κ1) is 17.5. The van der Waals surface area contributed by atoms with Crippen LogP contribution in [0.3, 0.4) is 0 Å². The van der Waals surface area contributed by atoms with Crippen molar-refractivity contribution in [2.24, 2.45) is 0 Å². The first-order valence-electron chi connectivity index (χ1n) is 8.27. The number of esters is 1. The Morgan fingerprint density at radius 1 is 1.08 bits per heavy atom. The minimum absolute atomic E-state index is 0.0399. The van der Waals surface area contributed by atoms with Crippen LogP contribution in [-0.4, -0.2) is 19.0 Å². The van der Waals surface area contributed by atoms with Crippen LogP contribution < -0.4 is 5.32 Å². The van der Waals surface area contributed by atoms with Crippen molar-refractivity contribution < 1.29 is 14.3 Å². The van der Waals surface area contributed by atoms with Crippen LogP contribution in [0.2, 0.25) is 5.02 Å². The summed E-state index contributed by atoms with van der Waals surface area (Å²) >= 11 is 5.96. The number of benzene rings is 2. The van der Waals surface area contributed by atoms with Gasteiger partial charge in [-0.25, -0.2) is 4.79 Å². The van der Waals surface area contributed by atoms with Crippen molar-refractivity contribution in [3.63, 3.8) is 0 Å². The van der Waals surface area contributed by atoms with Crippen LogP contribution in [0.4, 0.5) is 0 Å². The molecule has 0 saturated heterocycles. The van der Waals surface area contributed by atoms with Gasteiger partial charge in [-0.1, -0.05) is 42.3 Å². The topological polar surface area (TPSA) is 55.4 Å². The zero-order valence-electron chi connectivity index (χ0n) is 14.0. The van der Waals surface area contributed by atoms with Crippen molar-refractivity contribution >= 4 is 23.5 Å². The van der Waals surface area contributed by atoms with Gasteiger partial charge in [0.25, 0.3) is 0 Å². The second-order valence-corrected chi connectivity index (χ2v) is 6.75. The minimum atomic E-state index is -0.448. The summed E-state index contributed by atoms with van der Waals surface area (Å²) in [6, 6.07) is 14.6. The summed E-state index contributed by atoms with van der Waals surface area (Å²) in [5.74, 6) is -0.329. The highest BCUT2D eigenvalue weighted by atomic mass is 35.5. The van der Waals surface area contributed by atoms with Crippen LogP contribution in [0.5, 0.6) is 0 Å². The molecule has 1 fully saturated rings. The molecule has 0 spiro atoms. The average Bonchev–Trinajstić information content (AvgIpc) is 2.60. The molecule has 1 amide bonds. The quantitative estimate of drug-likeness (QED) is 0.826. The molecule has 0 aromatic heterocycles. The van der Waals surface area contributed by atoms with Gasteiger partial charge in [-0.05, 0) is 48.2 Å². The van der Waals surface area contributed by atoms with Crippen LogP contribution in [0.25, 0.3) is 0 Å². The summed E-state index contributed by atoms with van der Waals surface area (Å²) in [5.41, 5.74) is 2.00. The maximum atomic E-state index is 12.8. The van der Waals surface area contributed by atoms with Gasteiger partial charge in [0, 0.05) is 11.6 Å². The molecule has 3 rings (SSSR count). The molecule has 4 nitrogen and oxygen atoms in total. The number of carbonyl (C=O) groups is 2.